The summed E-state index contributed by atoms with van der Waals surface area (Å²) in [5, 5.41) is 21.8. The third-order valence-electron chi connectivity index (χ3n) is 6.62. The molecule has 8 nitrogen and oxygen atoms in total. The van der Waals surface area contributed by atoms with E-state index in [4.69, 9.17) is 4.74 Å². The molecule has 0 saturated carbocycles. The summed E-state index contributed by atoms with van der Waals surface area (Å²) in [5.41, 5.74) is 0.286. The molecule has 2 aromatic heterocycles. The molecular weight excluding hydrogens is 429 g/mol. The van der Waals surface area contributed by atoms with E-state index >= 15 is 4.39 Å². The minimum absolute atomic E-state index is 0.0235. The van der Waals surface area contributed by atoms with E-state index in [1.165, 1.54) is 4.57 Å². The van der Waals surface area contributed by atoms with Crippen LogP contribution in [0, 0.1) is 12.7 Å². The van der Waals surface area contributed by atoms with Crippen molar-refractivity contribution in [2.24, 2.45) is 0 Å². The molecular formula is C24H24FN3O5. The average Bonchev–Trinajstić information content (AvgIpc) is 3.14. The molecule has 3 aromatic rings. The van der Waals surface area contributed by atoms with Gasteiger partial charge in [-0.2, -0.15) is 0 Å². The number of aromatic hydroxyl groups is 1. The van der Waals surface area contributed by atoms with Crippen LogP contribution >= 0.6 is 0 Å². The van der Waals surface area contributed by atoms with Crippen molar-refractivity contribution >= 4 is 16.9 Å². The summed E-state index contributed by atoms with van der Waals surface area (Å²) in [7, 11) is 3.71. The van der Waals surface area contributed by atoms with E-state index in [1.54, 1.807) is 26.0 Å². The largest absolute Gasteiger partial charge is 0.507 e. The first-order valence-electron chi connectivity index (χ1n) is 10.7. The van der Waals surface area contributed by atoms with Crippen LogP contribution in [0.5, 0.6) is 5.75 Å². The number of aryl methyl sites for hydroxylation is 1. The molecule has 1 atom stereocenters. The zero-order valence-corrected chi connectivity index (χ0v) is 18.8. The first kappa shape index (κ1) is 21.5. The van der Waals surface area contributed by atoms with Gasteiger partial charge >= 0.3 is 5.97 Å². The molecule has 0 unspecified atom stereocenters. The van der Waals surface area contributed by atoms with Crippen LogP contribution in [0.25, 0.3) is 22.3 Å². The van der Waals surface area contributed by atoms with Gasteiger partial charge < -0.3 is 24.4 Å². The van der Waals surface area contributed by atoms with E-state index in [0.29, 0.717) is 28.9 Å². The Bertz CT molecular complexity index is 1430. The smallest absolute Gasteiger partial charge is 0.343 e. The van der Waals surface area contributed by atoms with E-state index in [0.717, 1.165) is 0 Å². The Hall–Kier alpha value is -3.30. The summed E-state index contributed by atoms with van der Waals surface area (Å²) in [5.74, 6) is -1.61. The van der Waals surface area contributed by atoms with Crippen molar-refractivity contribution in [1.82, 2.24) is 14.5 Å². The van der Waals surface area contributed by atoms with Gasteiger partial charge in [-0.3, -0.25) is 4.79 Å². The molecule has 9 heteroatoms. The number of hydrogen-bond acceptors (Lipinski definition) is 7. The Morgan fingerprint density at radius 3 is 2.67 bits per heavy atom. The number of phenols is 1. The van der Waals surface area contributed by atoms with Gasteiger partial charge in [-0.1, -0.05) is 6.92 Å². The molecule has 0 bridgehead atoms. The van der Waals surface area contributed by atoms with Crippen LogP contribution in [0.4, 0.5) is 4.39 Å². The number of ether oxygens (including phenoxy) is 1. The number of benzene rings is 1. The lowest BCUT2D eigenvalue weighted by Crippen LogP contribution is -2.44. The number of aromatic nitrogens is 2. The molecule has 1 aromatic carbocycles. The molecule has 0 aliphatic carbocycles. The Morgan fingerprint density at radius 1 is 1.27 bits per heavy atom. The van der Waals surface area contributed by atoms with Crippen LogP contribution in [0.3, 0.4) is 0 Å². The lowest BCUT2D eigenvalue weighted by molar-refractivity contribution is -0.172. The number of pyridine rings is 2. The van der Waals surface area contributed by atoms with E-state index in [2.05, 4.69) is 4.98 Å². The molecule has 2 N–H and O–H groups in total. The second kappa shape index (κ2) is 7.10. The number of halogens is 1. The van der Waals surface area contributed by atoms with Gasteiger partial charge in [-0.15, -0.1) is 0 Å². The molecule has 0 saturated heterocycles. The molecule has 0 fully saturated rings. The fourth-order valence-corrected chi connectivity index (χ4v) is 4.88. The van der Waals surface area contributed by atoms with E-state index in [1.807, 2.05) is 19.0 Å². The zero-order valence-electron chi connectivity index (χ0n) is 18.8. The molecule has 2 aliphatic heterocycles. The summed E-state index contributed by atoms with van der Waals surface area (Å²) in [6.45, 7) is 3.52. The van der Waals surface area contributed by atoms with Gasteiger partial charge in [-0.25, -0.2) is 14.2 Å². The van der Waals surface area contributed by atoms with Crippen molar-refractivity contribution in [3.63, 3.8) is 0 Å². The standard InChI is InChI=1S/C24H24FN3O5/c1-5-24(32)15-7-16-20-13(9-28(16)22(30)14(15)10-33-23(24)31)18(25)17-19(26-20)11(2)6-12(21(17)29)8-27(3)4/h6-7,29,32H,5,8-10H2,1-4H3/t24-/m0/s1. The van der Waals surface area contributed by atoms with Crippen molar-refractivity contribution in [3.05, 3.63) is 56.1 Å². The van der Waals surface area contributed by atoms with Crippen molar-refractivity contribution in [1.29, 1.82) is 0 Å². The van der Waals surface area contributed by atoms with Crippen molar-refractivity contribution in [2.45, 2.75) is 45.6 Å². The maximum Gasteiger partial charge on any atom is 0.343 e. The van der Waals surface area contributed by atoms with Gasteiger partial charge in [0.1, 0.15) is 18.2 Å². The summed E-state index contributed by atoms with van der Waals surface area (Å²) in [6.07, 6.45) is 0.0235. The number of carbonyl (C=O) groups is 1. The minimum Gasteiger partial charge on any atom is -0.507 e. The van der Waals surface area contributed by atoms with Crippen LogP contribution in [-0.2, 0) is 34.8 Å². The van der Waals surface area contributed by atoms with Gasteiger partial charge in [0.2, 0.25) is 0 Å². The van der Waals surface area contributed by atoms with Crippen LogP contribution in [0.2, 0.25) is 0 Å². The van der Waals surface area contributed by atoms with Crippen molar-refractivity contribution in [2.75, 3.05) is 14.1 Å². The highest BCUT2D eigenvalue weighted by molar-refractivity contribution is 5.93. The number of carbonyl (C=O) groups excluding carboxylic acids is 1. The molecule has 4 heterocycles. The topological polar surface area (TPSA) is 105 Å². The molecule has 33 heavy (non-hydrogen) atoms. The third kappa shape index (κ3) is 2.85. The van der Waals surface area contributed by atoms with Gasteiger partial charge in [0.05, 0.1) is 34.4 Å². The predicted octanol–water partition coefficient (Wildman–Crippen LogP) is 2.29. The van der Waals surface area contributed by atoms with Crippen molar-refractivity contribution in [3.8, 4) is 17.1 Å². The van der Waals surface area contributed by atoms with E-state index < -0.39 is 22.9 Å². The maximum absolute atomic E-state index is 15.8. The zero-order chi connectivity index (χ0) is 23.8. The normalized spacial score (nSPS) is 18.9. The van der Waals surface area contributed by atoms with Crippen LogP contribution in [0.15, 0.2) is 16.9 Å². The SMILES string of the molecule is CC[C@@]1(O)C(=O)OCc2c1cc1n(c2=O)Cc2c-1nc1c(C)cc(CN(C)C)c(O)c1c2F. The number of hydrogen-bond donors (Lipinski definition) is 2. The fraction of sp³-hybridized carbons (Fsp3) is 0.375. The van der Waals surface area contributed by atoms with E-state index in [-0.39, 0.29) is 53.1 Å². The number of nitrogens with zero attached hydrogens (tertiary/aromatic N) is 3. The van der Waals surface area contributed by atoms with Gasteiger partial charge in [0.25, 0.3) is 5.56 Å². The number of esters is 1. The number of phenolic OH excluding ortho intramolecular Hbond substituents is 1. The Morgan fingerprint density at radius 2 is 2.00 bits per heavy atom. The number of aliphatic hydroxyl groups is 1. The minimum atomic E-state index is -1.95. The Kier molecular flexibility index (Phi) is 4.63. The van der Waals surface area contributed by atoms with Gasteiger partial charge in [0.15, 0.2) is 5.60 Å². The molecule has 172 valence electrons. The highest BCUT2D eigenvalue weighted by atomic mass is 19.1. The lowest BCUT2D eigenvalue weighted by Gasteiger charge is -2.31. The second-order valence-corrected chi connectivity index (χ2v) is 9.02. The van der Waals surface area contributed by atoms with Gasteiger partial charge in [0, 0.05) is 23.2 Å². The second-order valence-electron chi connectivity index (χ2n) is 9.02. The molecule has 0 radical (unpaired) electrons. The number of fused-ring (bicyclic) bond motifs is 5. The quantitative estimate of drug-likeness (QED) is 0.459. The van der Waals surface area contributed by atoms with Crippen LogP contribution in [-0.4, -0.2) is 44.7 Å². The van der Waals surface area contributed by atoms with Crippen molar-refractivity contribution < 1.29 is 24.1 Å². The summed E-state index contributed by atoms with van der Waals surface area (Å²) in [6, 6.07) is 3.32. The number of cyclic esters (lactones) is 1. The molecule has 5 rings (SSSR count). The summed E-state index contributed by atoms with van der Waals surface area (Å²) >= 11 is 0. The lowest BCUT2D eigenvalue weighted by atomic mass is 9.86. The fourth-order valence-electron chi connectivity index (χ4n) is 4.88. The van der Waals surface area contributed by atoms with E-state index in [9.17, 15) is 19.8 Å². The third-order valence-corrected chi connectivity index (χ3v) is 6.62. The first-order chi connectivity index (χ1) is 15.6. The number of rotatable bonds is 3. The Balaban J connectivity index is 1.80. The highest BCUT2D eigenvalue weighted by Crippen LogP contribution is 2.42. The predicted molar refractivity (Wildman–Crippen MR) is 118 cm³/mol. The highest BCUT2D eigenvalue weighted by Gasteiger charge is 2.45. The van der Waals surface area contributed by atoms with Crippen LogP contribution in [0.1, 0.15) is 41.2 Å². The van der Waals surface area contributed by atoms with Gasteiger partial charge in [-0.05, 0) is 45.1 Å². The molecule has 0 spiro atoms. The summed E-state index contributed by atoms with van der Waals surface area (Å²) in [4.78, 5) is 32.1. The monoisotopic (exact) mass is 453 g/mol. The maximum atomic E-state index is 15.8. The molecule has 0 amide bonds. The Labute approximate surface area is 188 Å². The average molecular weight is 453 g/mol. The molecule has 2 aliphatic rings. The van der Waals surface area contributed by atoms with Crippen LogP contribution < -0.4 is 5.56 Å². The first-order valence-corrected chi connectivity index (χ1v) is 10.7. The summed E-state index contributed by atoms with van der Waals surface area (Å²) < 4.78 is 22.3.